The first-order valence-corrected chi connectivity index (χ1v) is 12.4. The van der Waals surface area contributed by atoms with Crippen molar-refractivity contribution in [2.45, 2.75) is 30.8 Å². The van der Waals surface area contributed by atoms with Crippen molar-refractivity contribution < 1.29 is 9.90 Å². The number of amides is 1. The van der Waals surface area contributed by atoms with Gasteiger partial charge in [0.15, 0.2) is 11.0 Å². The maximum Gasteiger partial charge on any atom is 0.253 e. The molecule has 1 unspecified atom stereocenters. The van der Waals surface area contributed by atoms with E-state index in [9.17, 15) is 9.90 Å². The molecule has 4 rings (SSSR count). The molecule has 0 saturated heterocycles. The first kappa shape index (κ1) is 25.3. The third-order valence-electron chi connectivity index (χ3n) is 5.27. The predicted octanol–water partition coefficient (Wildman–Crippen LogP) is 5.18. The van der Waals surface area contributed by atoms with Gasteiger partial charge in [-0.05, 0) is 79.6 Å². The number of para-hydroxylation sites is 1. The Labute approximate surface area is 218 Å². The highest BCUT2D eigenvalue weighted by Crippen LogP contribution is 2.27. The van der Waals surface area contributed by atoms with Crippen molar-refractivity contribution in [2.24, 2.45) is 5.10 Å². The van der Waals surface area contributed by atoms with E-state index >= 15 is 0 Å². The average molecular weight is 521 g/mol. The largest absolute Gasteiger partial charge is 0.508 e. The molecule has 1 aromatic heterocycles. The van der Waals surface area contributed by atoms with Crippen molar-refractivity contribution in [1.29, 1.82) is 0 Å². The summed E-state index contributed by atoms with van der Waals surface area (Å²) in [7, 11) is 0. The number of anilines is 1. The average Bonchev–Trinajstić information content (AvgIpc) is 3.27. The van der Waals surface area contributed by atoms with Crippen LogP contribution >= 0.6 is 23.4 Å². The van der Waals surface area contributed by atoms with Gasteiger partial charge in [0.2, 0.25) is 0 Å². The first-order chi connectivity index (χ1) is 17.4. The number of nitrogens with one attached hydrogen (secondary N) is 2. The summed E-state index contributed by atoms with van der Waals surface area (Å²) in [6.45, 7) is 4.21. The van der Waals surface area contributed by atoms with Crippen molar-refractivity contribution in [3.63, 3.8) is 0 Å². The molecule has 0 saturated carbocycles. The Bertz CT molecular complexity index is 1360. The van der Waals surface area contributed by atoms with Crippen LogP contribution in [0.2, 0.25) is 5.02 Å². The van der Waals surface area contributed by atoms with E-state index < -0.39 is 5.25 Å². The maximum absolute atomic E-state index is 12.7. The van der Waals surface area contributed by atoms with Gasteiger partial charge in [-0.1, -0.05) is 41.6 Å². The number of benzene rings is 3. The Kier molecular flexibility index (Phi) is 8.24. The summed E-state index contributed by atoms with van der Waals surface area (Å²) in [6, 6.07) is 21.9. The van der Waals surface area contributed by atoms with Gasteiger partial charge in [0.1, 0.15) is 5.75 Å². The Hall–Kier alpha value is -3.82. The summed E-state index contributed by atoms with van der Waals surface area (Å²) in [5, 5.41) is 26.3. The second kappa shape index (κ2) is 11.7. The number of thioether (sulfide) groups is 1. The molecule has 1 atom stereocenters. The van der Waals surface area contributed by atoms with Crippen LogP contribution in [0.25, 0.3) is 5.69 Å². The van der Waals surface area contributed by atoms with E-state index in [0.29, 0.717) is 22.5 Å². The first-order valence-electron chi connectivity index (χ1n) is 11.2. The van der Waals surface area contributed by atoms with Crippen molar-refractivity contribution in [3.05, 3.63) is 94.8 Å². The highest BCUT2D eigenvalue weighted by molar-refractivity contribution is 8.00. The van der Waals surface area contributed by atoms with E-state index in [4.69, 9.17) is 11.6 Å². The number of aromatic nitrogens is 3. The molecule has 3 aromatic carbocycles. The zero-order valence-electron chi connectivity index (χ0n) is 19.7. The van der Waals surface area contributed by atoms with Crippen molar-refractivity contribution in [3.8, 4) is 11.4 Å². The third-order valence-corrected chi connectivity index (χ3v) is 6.55. The zero-order chi connectivity index (χ0) is 25.5. The molecular formula is C26H25ClN6O2S. The Morgan fingerprint density at radius 1 is 1.14 bits per heavy atom. The van der Waals surface area contributed by atoms with Crippen LogP contribution in [0.1, 0.15) is 23.9 Å². The molecule has 0 spiro atoms. The molecule has 8 nitrogen and oxygen atoms in total. The third kappa shape index (κ3) is 6.44. The van der Waals surface area contributed by atoms with Crippen molar-refractivity contribution >= 4 is 41.2 Å². The standard InChI is InChI=1S/C26H25ClN6O2S/c1-17-14-20(27)10-13-23(17)28-16-24-30-32-26(33(24)21-6-4-3-5-7-21)36-18(2)25(35)31-29-15-19-8-11-22(34)12-9-19/h3-15,18,28,34H,16H2,1-2H3,(H,31,35). The lowest BCUT2D eigenvalue weighted by molar-refractivity contribution is -0.120. The number of carbonyl (C=O) groups excluding carboxylic acids is 1. The van der Waals surface area contributed by atoms with Crippen LogP contribution in [0.15, 0.2) is 83.1 Å². The minimum atomic E-state index is -0.479. The van der Waals surface area contributed by atoms with E-state index in [1.165, 1.54) is 18.0 Å². The number of hydrazone groups is 1. The molecule has 4 aromatic rings. The number of aromatic hydroxyl groups is 1. The molecule has 0 bridgehead atoms. The Balaban J connectivity index is 1.48. The number of phenols is 1. The van der Waals surface area contributed by atoms with Crippen molar-refractivity contribution in [2.75, 3.05) is 5.32 Å². The number of halogens is 1. The highest BCUT2D eigenvalue weighted by atomic mass is 35.5. The SMILES string of the molecule is Cc1cc(Cl)ccc1NCc1nnc(SC(C)C(=O)NN=Cc2ccc(O)cc2)n1-c1ccccc1. The van der Waals surface area contributed by atoms with Crippen LogP contribution in [0.4, 0.5) is 5.69 Å². The smallest absolute Gasteiger partial charge is 0.253 e. The molecule has 0 fully saturated rings. The van der Waals surface area contributed by atoms with Gasteiger partial charge < -0.3 is 10.4 Å². The van der Waals surface area contributed by atoms with E-state index in [1.807, 2.05) is 60.0 Å². The number of hydrogen-bond donors (Lipinski definition) is 3. The van der Waals surface area contributed by atoms with Crippen molar-refractivity contribution in [1.82, 2.24) is 20.2 Å². The van der Waals surface area contributed by atoms with Crippen LogP contribution in [0.3, 0.4) is 0 Å². The number of phenolic OH excluding ortho intramolecular Hbond substituents is 1. The Morgan fingerprint density at radius 3 is 2.61 bits per heavy atom. The van der Waals surface area contributed by atoms with E-state index in [2.05, 4.69) is 26.0 Å². The van der Waals surface area contributed by atoms with Gasteiger partial charge in [0, 0.05) is 16.4 Å². The van der Waals surface area contributed by atoms with E-state index in [-0.39, 0.29) is 11.7 Å². The summed E-state index contributed by atoms with van der Waals surface area (Å²) < 4.78 is 1.94. The highest BCUT2D eigenvalue weighted by Gasteiger charge is 2.21. The summed E-state index contributed by atoms with van der Waals surface area (Å²) in [5.74, 6) is 0.603. The summed E-state index contributed by atoms with van der Waals surface area (Å²) in [6.07, 6.45) is 1.52. The molecule has 1 amide bonds. The number of rotatable bonds is 9. The zero-order valence-corrected chi connectivity index (χ0v) is 21.3. The summed E-state index contributed by atoms with van der Waals surface area (Å²) in [4.78, 5) is 12.7. The second-order valence-electron chi connectivity index (χ2n) is 7.97. The molecule has 0 aliphatic heterocycles. The van der Waals surface area contributed by atoms with Gasteiger partial charge in [-0.3, -0.25) is 9.36 Å². The topological polar surface area (TPSA) is 104 Å². The Morgan fingerprint density at radius 2 is 1.89 bits per heavy atom. The molecular weight excluding hydrogens is 496 g/mol. The number of carbonyl (C=O) groups is 1. The van der Waals surface area contributed by atoms with Gasteiger partial charge in [-0.25, -0.2) is 5.43 Å². The van der Waals surface area contributed by atoms with Crippen LogP contribution < -0.4 is 10.7 Å². The molecule has 0 aliphatic carbocycles. The number of aryl methyl sites for hydroxylation is 1. The quantitative estimate of drug-likeness (QED) is 0.160. The van der Waals surface area contributed by atoms with Crippen LogP contribution in [0.5, 0.6) is 5.75 Å². The monoisotopic (exact) mass is 520 g/mol. The van der Waals surface area contributed by atoms with Crippen LogP contribution in [0, 0.1) is 6.92 Å². The molecule has 1 heterocycles. The van der Waals surface area contributed by atoms with Crippen LogP contribution in [-0.4, -0.2) is 37.2 Å². The molecule has 0 aliphatic rings. The molecule has 0 radical (unpaired) electrons. The molecule has 10 heteroatoms. The van der Waals surface area contributed by atoms with E-state index in [1.54, 1.807) is 31.2 Å². The molecule has 3 N–H and O–H groups in total. The van der Waals surface area contributed by atoms with Gasteiger partial charge in [0.05, 0.1) is 18.0 Å². The van der Waals surface area contributed by atoms with Gasteiger partial charge in [-0.2, -0.15) is 5.10 Å². The van der Waals surface area contributed by atoms with Gasteiger partial charge in [0.25, 0.3) is 5.91 Å². The fourth-order valence-electron chi connectivity index (χ4n) is 3.36. The summed E-state index contributed by atoms with van der Waals surface area (Å²) >= 11 is 7.37. The van der Waals surface area contributed by atoms with E-state index in [0.717, 1.165) is 22.5 Å². The fourth-order valence-corrected chi connectivity index (χ4v) is 4.47. The summed E-state index contributed by atoms with van der Waals surface area (Å²) in [5.41, 5.74) is 6.19. The minimum Gasteiger partial charge on any atom is -0.508 e. The molecule has 184 valence electrons. The normalized spacial score (nSPS) is 12.0. The number of hydrogen-bond acceptors (Lipinski definition) is 7. The lowest BCUT2D eigenvalue weighted by atomic mass is 10.2. The predicted molar refractivity (Wildman–Crippen MR) is 144 cm³/mol. The minimum absolute atomic E-state index is 0.168. The molecule has 36 heavy (non-hydrogen) atoms. The maximum atomic E-state index is 12.7. The second-order valence-corrected chi connectivity index (χ2v) is 9.71. The van der Waals surface area contributed by atoms with Crippen LogP contribution in [-0.2, 0) is 11.3 Å². The lowest BCUT2D eigenvalue weighted by Gasteiger charge is -2.14. The lowest BCUT2D eigenvalue weighted by Crippen LogP contribution is -2.27. The fraction of sp³-hybridized carbons (Fsp3) is 0.154. The number of nitrogens with zero attached hydrogens (tertiary/aromatic N) is 4. The van der Waals surface area contributed by atoms with Gasteiger partial charge >= 0.3 is 0 Å². The van der Waals surface area contributed by atoms with Gasteiger partial charge in [-0.15, -0.1) is 10.2 Å².